The molecule has 2 unspecified atom stereocenters. The van der Waals surface area contributed by atoms with Crippen molar-refractivity contribution < 1.29 is 14.4 Å². The fourth-order valence-corrected chi connectivity index (χ4v) is 5.72. The molecule has 0 bridgehead atoms. The normalized spacial score (nSPS) is 23.3. The van der Waals surface area contributed by atoms with Crippen molar-refractivity contribution in [3.63, 3.8) is 0 Å². The van der Waals surface area contributed by atoms with Crippen molar-refractivity contribution in [3.05, 3.63) is 29.8 Å². The van der Waals surface area contributed by atoms with Gasteiger partial charge in [-0.25, -0.2) is 0 Å². The van der Waals surface area contributed by atoms with Gasteiger partial charge >= 0.3 is 0 Å². The first-order valence-corrected chi connectivity index (χ1v) is 12.7. The van der Waals surface area contributed by atoms with Gasteiger partial charge in [-0.3, -0.25) is 19.3 Å². The third-order valence-corrected chi connectivity index (χ3v) is 7.71. The van der Waals surface area contributed by atoms with E-state index in [1.54, 1.807) is 0 Å². The lowest BCUT2D eigenvalue weighted by molar-refractivity contribution is -0.144. The highest BCUT2D eigenvalue weighted by molar-refractivity contribution is 5.99. The maximum absolute atomic E-state index is 13.6. The maximum Gasteiger partial charge on any atom is 0.236 e. The summed E-state index contributed by atoms with van der Waals surface area (Å²) in [5.74, 6) is -0.0251. The first kappa shape index (κ1) is 23.7. The van der Waals surface area contributed by atoms with Crippen LogP contribution in [0.4, 0.5) is 5.69 Å². The predicted molar refractivity (Wildman–Crippen MR) is 129 cm³/mol. The SMILES string of the molecule is CCN(CC)C(=O)CN1CCN(C(=O)C2CCCCC2C(=O)N2CCc3ccccc32)CC1. The van der Waals surface area contributed by atoms with Gasteiger partial charge in [0.1, 0.15) is 0 Å². The lowest BCUT2D eigenvalue weighted by Gasteiger charge is -2.39. The van der Waals surface area contributed by atoms with Crippen LogP contribution >= 0.6 is 0 Å². The lowest BCUT2D eigenvalue weighted by Crippen LogP contribution is -2.54. The van der Waals surface area contributed by atoms with Crippen molar-refractivity contribution in [1.82, 2.24) is 14.7 Å². The van der Waals surface area contributed by atoms with Crippen LogP contribution in [0.5, 0.6) is 0 Å². The summed E-state index contributed by atoms with van der Waals surface area (Å²) >= 11 is 0. The van der Waals surface area contributed by atoms with Crippen LogP contribution in [0, 0.1) is 11.8 Å². The predicted octanol–water partition coefficient (Wildman–Crippen LogP) is 2.39. The Morgan fingerprint density at radius 2 is 1.52 bits per heavy atom. The minimum absolute atomic E-state index is 0.126. The standard InChI is InChI=1S/C26H38N4O3/c1-3-28(4-2)24(31)19-27-15-17-29(18-16-27)25(32)21-10-6-7-11-22(21)26(33)30-14-13-20-9-5-8-12-23(20)30/h5,8-9,12,21-22H,3-4,6-7,10-11,13-19H2,1-2H3. The van der Waals surface area contributed by atoms with E-state index in [-0.39, 0.29) is 29.6 Å². The Kier molecular flexibility index (Phi) is 7.68. The van der Waals surface area contributed by atoms with Crippen LogP contribution in [0.2, 0.25) is 0 Å². The highest BCUT2D eigenvalue weighted by Crippen LogP contribution is 2.36. The van der Waals surface area contributed by atoms with Crippen LogP contribution < -0.4 is 4.90 Å². The van der Waals surface area contributed by atoms with Crippen LogP contribution in [-0.4, -0.2) is 84.8 Å². The summed E-state index contributed by atoms with van der Waals surface area (Å²) in [5, 5.41) is 0. The number of piperazine rings is 1. The Bertz CT molecular complexity index is 861. The van der Waals surface area contributed by atoms with E-state index in [0.717, 1.165) is 57.4 Å². The zero-order valence-electron chi connectivity index (χ0n) is 20.2. The van der Waals surface area contributed by atoms with Gasteiger partial charge in [-0.2, -0.15) is 0 Å². The second kappa shape index (κ2) is 10.7. The van der Waals surface area contributed by atoms with Crippen molar-refractivity contribution in [1.29, 1.82) is 0 Å². The number of fused-ring (bicyclic) bond motifs is 1. The molecule has 0 spiro atoms. The summed E-state index contributed by atoms with van der Waals surface area (Å²) in [6.45, 7) is 9.28. The fraction of sp³-hybridized carbons (Fsp3) is 0.654. The molecular formula is C26H38N4O3. The van der Waals surface area contributed by atoms with Crippen LogP contribution in [0.25, 0.3) is 0 Å². The molecule has 2 fully saturated rings. The molecule has 4 rings (SSSR count). The summed E-state index contributed by atoms with van der Waals surface area (Å²) in [4.78, 5) is 47.4. The topological polar surface area (TPSA) is 64.2 Å². The minimum atomic E-state index is -0.223. The Hall–Kier alpha value is -2.41. The van der Waals surface area contributed by atoms with E-state index in [1.807, 2.05) is 46.7 Å². The quantitative estimate of drug-likeness (QED) is 0.662. The van der Waals surface area contributed by atoms with Gasteiger partial charge < -0.3 is 14.7 Å². The number of hydrogen-bond acceptors (Lipinski definition) is 4. The summed E-state index contributed by atoms with van der Waals surface area (Å²) < 4.78 is 0. The molecule has 33 heavy (non-hydrogen) atoms. The second-order valence-electron chi connectivity index (χ2n) is 9.53. The highest BCUT2D eigenvalue weighted by Gasteiger charge is 2.41. The molecule has 2 heterocycles. The van der Waals surface area contributed by atoms with E-state index < -0.39 is 0 Å². The third-order valence-electron chi connectivity index (χ3n) is 7.71. The molecule has 3 amide bonds. The molecule has 1 aliphatic carbocycles. The van der Waals surface area contributed by atoms with Crippen LogP contribution in [0.15, 0.2) is 24.3 Å². The van der Waals surface area contributed by atoms with Gasteiger partial charge in [0.25, 0.3) is 0 Å². The minimum Gasteiger partial charge on any atom is -0.342 e. The zero-order valence-corrected chi connectivity index (χ0v) is 20.2. The third kappa shape index (κ3) is 5.08. The molecule has 1 saturated heterocycles. The number of rotatable bonds is 6. The van der Waals surface area contributed by atoms with Gasteiger partial charge in [-0.05, 0) is 44.7 Å². The first-order chi connectivity index (χ1) is 16.0. The summed E-state index contributed by atoms with van der Waals surface area (Å²) in [7, 11) is 0. The van der Waals surface area contributed by atoms with Gasteiger partial charge in [-0.15, -0.1) is 0 Å². The summed E-state index contributed by atoms with van der Waals surface area (Å²) in [5.41, 5.74) is 2.24. The zero-order chi connectivity index (χ0) is 23.4. The molecule has 1 aromatic rings. The van der Waals surface area contributed by atoms with Gasteiger partial charge in [0.2, 0.25) is 17.7 Å². The molecule has 2 aliphatic heterocycles. The van der Waals surface area contributed by atoms with E-state index in [0.29, 0.717) is 32.7 Å². The van der Waals surface area contributed by atoms with Gasteiger partial charge in [0, 0.05) is 57.4 Å². The van der Waals surface area contributed by atoms with Crippen molar-refractivity contribution >= 4 is 23.4 Å². The molecule has 3 aliphatic rings. The van der Waals surface area contributed by atoms with Crippen molar-refractivity contribution in [2.75, 3.05) is 57.3 Å². The van der Waals surface area contributed by atoms with Crippen molar-refractivity contribution in [2.24, 2.45) is 11.8 Å². The largest absolute Gasteiger partial charge is 0.342 e. The number of carbonyl (C=O) groups excluding carboxylic acids is 3. The lowest BCUT2D eigenvalue weighted by atomic mass is 9.77. The Balaban J connectivity index is 1.36. The maximum atomic E-state index is 13.6. The molecule has 180 valence electrons. The Morgan fingerprint density at radius 1 is 0.879 bits per heavy atom. The number of para-hydroxylation sites is 1. The molecule has 0 radical (unpaired) electrons. The first-order valence-electron chi connectivity index (χ1n) is 12.7. The molecule has 1 saturated carbocycles. The van der Waals surface area contributed by atoms with E-state index in [4.69, 9.17) is 0 Å². The molecular weight excluding hydrogens is 416 g/mol. The summed E-state index contributed by atoms with van der Waals surface area (Å²) in [6.07, 6.45) is 4.51. The Labute approximate surface area is 197 Å². The molecule has 0 aromatic heterocycles. The fourth-order valence-electron chi connectivity index (χ4n) is 5.72. The highest BCUT2D eigenvalue weighted by atomic mass is 16.2. The van der Waals surface area contributed by atoms with Gasteiger partial charge in [-0.1, -0.05) is 31.0 Å². The second-order valence-corrected chi connectivity index (χ2v) is 9.53. The molecule has 0 N–H and O–H groups in total. The molecule has 7 nitrogen and oxygen atoms in total. The molecule has 1 aromatic carbocycles. The monoisotopic (exact) mass is 454 g/mol. The molecule has 2 atom stereocenters. The van der Waals surface area contributed by atoms with Crippen molar-refractivity contribution in [3.8, 4) is 0 Å². The van der Waals surface area contributed by atoms with E-state index in [2.05, 4.69) is 11.0 Å². The molecule has 7 heteroatoms. The van der Waals surface area contributed by atoms with Crippen LogP contribution in [0.3, 0.4) is 0 Å². The summed E-state index contributed by atoms with van der Waals surface area (Å²) in [6, 6.07) is 8.13. The van der Waals surface area contributed by atoms with Crippen LogP contribution in [0.1, 0.15) is 45.1 Å². The van der Waals surface area contributed by atoms with E-state index >= 15 is 0 Å². The number of hydrogen-bond donors (Lipinski definition) is 0. The number of amides is 3. The Morgan fingerprint density at radius 3 is 2.18 bits per heavy atom. The number of benzene rings is 1. The van der Waals surface area contributed by atoms with E-state index in [9.17, 15) is 14.4 Å². The van der Waals surface area contributed by atoms with Gasteiger partial charge in [0.05, 0.1) is 12.5 Å². The average Bonchev–Trinajstić information content (AvgIpc) is 3.28. The number of nitrogens with zero attached hydrogens (tertiary/aromatic N) is 4. The van der Waals surface area contributed by atoms with Crippen molar-refractivity contribution in [2.45, 2.75) is 46.0 Å². The number of carbonyl (C=O) groups is 3. The average molecular weight is 455 g/mol. The smallest absolute Gasteiger partial charge is 0.236 e. The van der Waals surface area contributed by atoms with Crippen LogP contribution in [-0.2, 0) is 20.8 Å². The number of anilines is 1. The van der Waals surface area contributed by atoms with Gasteiger partial charge in [0.15, 0.2) is 0 Å². The van der Waals surface area contributed by atoms with E-state index in [1.165, 1.54) is 5.56 Å². The number of likely N-dealkylation sites (N-methyl/N-ethyl adjacent to an activating group) is 1.